The molecule has 122 valence electrons. The van der Waals surface area contributed by atoms with E-state index in [0.717, 1.165) is 11.1 Å². The number of nitrogens with zero attached hydrogens (tertiary/aromatic N) is 2. The Labute approximate surface area is 149 Å². The fourth-order valence-electron chi connectivity index (χ4n) is 2.68. The van der Waals surface area contributed by atoms with Crippen molar-refractivity contribution in [2.24, 2.45) is 10.8 Å². The molecule has 24 heavy (non-hydrogen) atoms. The molecule has 1 aliphatic rings. The Morgan fingerprint density at radius 1 is 1.33 bits per heavy atom. The normalized spacial score (nSPS) is 18.8. The Morgan fingerprint density at radius 2 is 2.12 bits per heavy atom. The Kier molecular flexibility index (Phi) is 4.27. The first-order chi connectivity index (χ1) is 11.5. The number of nitrogens with two attached hydrogens (primary N) is 1. The number of hydrogen-bond donors (Lipinski definition) is 2. The molecule has 2 aromatic carbocycles. The summed E-state index contributed by atoms with van der Waals surface area (Å²) >= 11 is 13.0. The number of halogens is 2. The minimum atomic E-state index is -0.982. The number of methoxy groups -OCH3 is 1. The molecule has 7 heteroatoms. The van der Waals surface area contributed by atoms with Gasteiger partial charge in [0.05, 0.1) is 23.8 Å². The summed E-state index contributed by atoms with van der Waals surface area (Å²) in [5.74, 6) is 0.896. The van der Waals surface area contributed by atoms with E-state index >= 15 is 0 Å². The van der Waals surface area contributed by atoms with Crippen LogP contribution in [0.2, 0.25) is 5.02 Å². The minimum Gasteiger partial charge on any atom is -0.495 e. The highest BCUT2D eigenvalue weighted by molar-refractivity contribution is 6.32. The number of rotatable bonds is 3. The highest BCUT2D eigenvalue weighted by Gasteiger charge is 2.36. The van der Waals surface area contributed by atoms with Gasteiger partial charge >= 0.3 is 0 Å². The number of alkyl halides is 1. The SMILES string of the molecule is COc1ccc(CC2(Cl)NN=C(N)c3cc(C#N)ccc32)cc1Cl. The molecule has 0 bridgehead atoms. The van der Waals surface area contributed by atoms with E-state index in [0.29, 0.717) is 34.2 Å². The van der Waals surface area contributed by atoms with E-state index in [-0.39, 0.29) is 0 Å². The molecule has 0 aliphatic carbocycles. The zero-order valence-electron chi connectivity index (χ0n) is 12.8. The first-order valence-electron chi connectivity index (χ1n) is 7.13. The molecule has 0 aromatic heterocycles. The zero-order valence-corrected chi connectivity index (χ0v) is 14.3. The Bertz CT molecular complexity index is 875. The van der Waals surface area contributed by atoms with E-state index < -0.39 is 5.00 Å². The van der Waals surface area contributed by atoms with E-state index in [2.05, 4.69) is 16.6 Å². The minimum absolute atomic E-state index is 0.297. The Morgan fingerprint density at radius 3 is 2.79 bits per heavy atom. The quantitative estimate of drug-likeness (QED) is 0.650. The largest absolute Gasteiger partial charge is 0.495 e. The topological polar surface area (TPSA) is 83.4 Å². The van der Waals surface area contributed by atoms with E-state index in [4.69, 9.17) is 38.9 Å². The average molecular weight is 361 g/mol. The third-order valence-corrected chi connectivity index (χ3v) is 4.59. The second-order valence-corrected chi connectivity index (χ2v) is 6.48. The van der Waals surface area contributed by atoms with Gasteiger partial charge in [0.25, 0.3) is 0 Å². The molecular formula is C17H14Cl2N4O. The maximum atomic E-state index is 9.06. The smallest absolute Gasteiger partial charge is 0.158 e. The summed E-state index contributed by atoms with van der Waals surface area (Å²) < 4.78 is 5.16. The molecule has 0 saturated heterocycles. The number of fused-ring (bicyclic) bond motifs is 1. The average Bonchev–Trinajstić information content (AvgIpc) is 2.58. The standard InChI is InChI=1S/C17H14Cl2N4O/c1-24-15-5-3-10(7-14(15)18)8-17(19)13-4-2-11(9-20)6-12(13)16(21)22-23-17/h2-7,23H,8H2,1H3,(H2,21,22). The van der Waals surface area contributed by atoms with Crippen molar-refractivity contribution in [2.75, 3.05) is 7.11 Å². The molecule has 1 aliphatic heterocycles. The molecule has 0 fully saturated rings. The molecule has 0 amide bonds. The van der Waals surface area contributed by atoms with Crippen molar-refractivity contribution in [1.82, 2.24) is 5.43 Å². The zero-order chi connectivity index (χ0) is 17.3. The summed E-state index contributed by atoms with van der Waals surface area (Å²) in [6, 6.07) is 12.8. The van der Waals surface area contributed by atoms with Gasteiger partial charge in [-0.15, -0.1) is 0 Å². The predicted octanol–water partition coefficient (Wildman–Crippen LogP) is 3.08. The highest BCUT2D eigenvalue weighted by atomic mass is 35.5. The summed E-state index contributed by atoms with van der Waals surface area (Å²) in [6.07, 6.45) is 0.425. The van der Waals surface area contributed by atoms with E-state index in [9.17, 15) is 0 Å². The van der Waals surface area contributed by atoms with Gasteiger partial charge in [-0.1, -0.05) is 35.3 Å². The van der Waals surface area contributed by atoms with Crippen LogP contribution < -0.4 is 15.9 Å². The van der Waals surface area contributed by atoms with Crippen LogP contribution in [0, 0.1) is 11.3 Å². The third kappa shape index (κ3) is 2.86. The van der Waals surface area contributed by atoms with Crippen molar-refractivity contribution in [1.29, 1.82) is 5.26 Å². The lowest BCUT2D eigenvalue weighted by atomic mass is 9.91. The van der Waals surface area contributed by atoms with Crippen LogP contribution in [0.1, 0.15) is 22.3 Å². The van der Waals surface area contributed by atoms with Crippen LogP contribution in [0.25, 0.3) is 0 Å². The number of benzene rings is 2. The number of ether oxygens (including phenoxy) is 1. The van der Waals surface area contributed by atoms with Gasteiger partial charge in [-0.3, -0.25) is 5.43 Å². The van der Waals surface area contributed by atoms with Crippen LogP contribution in [0.4, 0.5) is 0 Å². The van der Waals surface area contributed by atoms with Gasteiger partial charge in [0.15, 0.2) is 10.8 Å². The lowest BCUT2D eigenvalue weighted by Gasteiger charge is -2.33. The van der Waals surface area contributed by atoms with Crippen LogP contribution >= 0.6 is 23.2 Å². The highest BCUT2D eigenvalue weighted by Crippen LogP contribution is 2.37. The van der Waals surface area contributed by atoms with Crippen molar-refractivity contribution < 1.29 is 4.74 Å². The number of nitriles is 1. The molecule has 0 radical (unpaired) electrons. The Balaban J connectivity index is 2.00. The predicted molar refractivity (Wildman–Crippen MR) is 94.3 cm³/mol. The van der Waals surface area contributed by atoms with Crippen LogP contribution in [-0.2, 0) is 11.4 Å². The van der Waals surface area contributed by atoms with Gasteiger partial charge < -0.3 is 10.5 Å². The van der Waals surface area contributed by atoms with Crippen LogP contribution in [0.3, 0.4) is 0 Å². The first-order valence-corrected chi connectivity index (χ1v) is 7.89. The lowest BCUT2D eigenvalue weighted by Crippen LogP contribution is -2.43. The van der Waals surface area contributed by atoms with Gasteiger partial charge in [0.1, 0.15) is 5.75 Å². The number of hydrogen-bond acceptors (Lipinski definition) is 5. The van der Waals surface area contributed by atoms with Gasteiger partial charge in [0, 0.05) is 17.5 Å². The molecule has 0 spiro atoms. The fourth-order valence-corrected chi connectivity index (χ4v) is 3.32. The molecule has 3 rings (SSSR count). The lowest BCUT2D eigenvalue weighted by molar-refractivity contribution is 0.414. The molecule has 0 saturated carbocycles. The van der Waals surface area contributed by atoms with Crippen LogP contribution in [-0.4, -0.2) is 12.9 Å². The van der Waals surface area contributed by atoms with Crippen molar-refractivity contribution in [2.45, 2.75) is 11.4 Å². The molecule has 1 unspecified atom stereocenters. The van der Waals surface area contributed by atoms with Crippen LogP contribution in [0.5, 0.6) is 5.75 Å². The monoisotopic (exact) mass is 360 g/mol. The maximum Gasteiger partial charge on any atom is 0.158 e. The second kappa shape index (κ2) is 6.23. The summed E-state index contributed by atoms with van der Waals surface area (Å²) in [6.45, 7) is 0. The van der Waals surface area contributed by atoms with Crippen molar-refractivity contribution in [3.8, 4) is 11.8 Å². The first kappa shape index (κ1) is 16.4. The van der Waals surface area contributed by atoms with Crippen LogP contribution in [0.15, 0.2) is 41.5 Å². The molecule has 1 atom stereocenters. The summed E-state index contributed by atoms with van der Waals surface area (Å²) in [5.41, 5.74) is 11.7. The Hall–Kier alpha value is -2.42. The van der Waals surface area contributed by atoms with Crippen molar-refractivity contribution in [3.63, 3.8) is 0 Å². The van der Waals surface area contributed by atoms with Crippen molar-refractivity contribution in [3.05, 3.63) is 63.7 Å². The van der Waals surface area contributed by atoms with E-state index in [1.165, 1.54) is 0 Å². The summed E-state index contributed by atoms with van der Waals surface area (Å²) in [4.78, 5) is -0.982. The maximum absolute atomic E-state index is 9.06. The number of amidine groups is 1. The second-order valence-electron chi connectivity index (χ2n) is 5.43. The molecule has 5 nitrogen and oxygen atoms in total. The van der Waals surface area contributed by atoms with E-state index in [1.807, 2.05) is 6.07 Å². The molecule has 2 aromatic rings. The molecule has 3 N–H and O–H groups in total. The van der Waals surface area contributed by atoms with Gasteiger partial charge in [0.2, 0.25) is 0 Å². The van der Waals surface area contributed by atoms with Crippen molar-refractivity contribution >= 4 is 29.0 Å². The van der Waals surface area contributed by atoms with E-state index in [1.54, 1.807) is 37.4 Å². The molecular weight excluding hydrogens is 347 g/mol. The van der Waals surface area contributed by atoms with Gasteiger partial charge in [-0.2, -0.15) is 10.4 Å². The van der Waals surface area contributed by atoms with Gasteiger partial charge in [-0.05, 0) is 29.8 Å². The third-order valence-electron chi connectivity index (χ3n) is 3.87. The fraction of sp³-hybridized carbons (Fsp3) is 0.176. The molecule has 1 heterocycles. The summed E-state index contributed by atoms with van der Waals surface area (Å²) in [7, 11) is 1.56. The number of hydrazone groups is 1. The summed E-state index contributed by atoms with van der Waals surface area (Å²) in [5, 5.41) is 13.7. The number of nitrogens with one attached hydrogen (secondary N) is 1. The van der Waals surface area contributed by atoms with Gasteiger partial charge in [-0.25, -0.2) is 0 Å².